The van der Waals surface area contributed by atoms with Gasteiger partial charge in [0.05, 0.1) is 0 Å². The Kier molecular flexibility index (Phi) is 4.56. The van der Waals surface area contributed by atoms with Gasteiger partial charge < -0.3 is 10.4 Å². The van der Waals surface area contributed by atoms with Gasteiger partial charge in [0, 0.05) is 16.8 Å². The van der Waals surface area contributed by atoms with Crippen molar-refractivity contribution in [1.82, 2.24) is 0 Å². The number of hydrogen-bond donors (Lipinski definition) is 2. The standard InChI is InChI=1S/C17H17NO2/c1-2-13(12-14-8-6-7-11-16(14)19)17(20)18-15-9-4-3-5-10-15/h3-12,19H,2H2,1H3,(H,18,20). The van der Waals surface area contributed by atoms with Crippen LogP contribution in [0.2, 0.25) is 0 Å². The van der Waals surface area contributed by atoms with Crippen molar-refractivity contribution < 1.29 is 9.90 Å². The van der Waals surface area contributed by atoms with Crippen LogP contribution >= 0.6 is 0 Å². The van der Waals surface area contributed by atoms with Crippen LogP contribution in [-0.2, 0) is 4.79 Å². The van der Waals surface area contributed by atoms with Gasteiger partial charge in [0.15, 0.2) is 0 Å². The van der Waals surface area contributed by atoms with E-state index in [-0.39, 0.29) is 11.7 Å². The third-order valence-electron chi connectivity index (χ3n) is 2.97. The van der Waals surface area contributed by atoms with E-state index >= 15 is 0 Å². The Bertz CT molecular complexity index is 618. The summed E-state index contributed by atoms with van der Waals surface area (Å²) >= 11 is 0. The number of rotatable bonds is 4. The molecule has 2 aromatic carbocycles. The lowest BCUT2D eigenvalue weighted by Crippen LogP contribution is -2.13. The summed E-state index contributed by atoms with van der Waals surface area (Å²) in [6, 6.07) is 16.3. The maximum Gasteiger partial charge on any atom is 0.251 e. The number of nitrogens with one attached hydrogen (secondary N) is 1. The highest BCUT2D eigenvalue weighted by Gasteiger charge is 2.09. The number of carbonyl (C=O) groups is 1. The minimum Gasteiger partial charge on any atom is -0.507 e. The SMILES string of the molecule is CCC(=Cc1ccccc1O)C(=O)Nc1ccccc1. The van der Waals surface area contributed by atoms with Crippen LogP contribution in [0.1, 0.15) is 18.9 Å². The smallest absolute Gasteiger partial charge is 0.251 e. The van der Waals surface area contributed by atoms with Gasteiger partial charge in [-0.2, -0.15) is 0 Å². The van der Waals surface area contributed by atoms with E-state index in [1.54, 1.807) is 24.3 Å². The first kappa shape index (κ1) is 13.9. The largest absolute Gasteiger partial charge is 0.507 e. The van der Waals surface area contributed by atoms with Crippen LogP contribution in [0, 0.1) is 0 Å². The summed E-state index contributed by atoms with van der Waals surface area (Å²) in [6.07, 6.45) is 2.31. The van der Waals surface area contributed by atoms with Gasteiger partial charge in [-0.1, -0.05) is 43.3 Å². The summed E-state index contributed by atoms with van der Waals surface area (Å²) < 4.78 is 0. The lowest BCUT2D eigenvalue weighted by molar-refractivity contribution is -0.112. The second-order valence-electron chi connectivity index (χ2n) is 4.40. The highest BCUT2D eigenvalue weighted by atomic mass is 16.3. The molecule has 2 rings (SSSR count). The van der Waals surface area contributed by atoms with E-state index in [9.17, 15) is 9.90 Å². The highest BCUT2D eigenvalue weighted by molar-refractivity contribution is 6.06. The molecule has 0 bridgehead atoms. The van der Waals surface area contributed by atoms with E-state index in [0.29, 0.717) is 17.6 Å². The molecule has 0 aromatic heterocycles. The minimum absolute atomic E-state index is 0.151. The molecule has 1 amide bonds. The van der Waals surface area contributed by atoms with E-state index in [0.717, 1.165) is 5.69 Å². The maximum absolute atomic E-state index is 12.2. The first-order valence-corrected chi connectivity index (χ1v) is 6.55. The third-order valence-corrected chi connectivity index (χ3v) is 2.97. The van der Waals surface area contributed by atoms with Crippen LogP contribution in [0.25, 0.3) is 6.08 Å². The Morgan fingerprint density at radius 2 is 1.75 bits per heavy atom. The highest BCUT2D eigenvalue weighted by Crippen LogP contribution is 2.20. The number of hydrogen-bond acceptors (Lipinski definition) is 2. The molecule has 0 unspecified atom stereocenters. The Morgan fingerprint density at radius 3 is 2.40 bits per heavy atom. The lowest BCUT2D eigenvalue weighted by Gasteiger charge is -2.08. The Morgan fingerprint density at radius 1 is 1.10 bits per heavy atom. The number of para-hydroxylation sites is 2. The number of carbonyl (C=O) groups excluding carboxylic acids is 1. The first-order valence-electron chi connectivity index (χ1n) is 6.55. The van der Waals surface area contributed by atoms with Gasteiger partial charge in [0.2, 0.25) is 0 Å². The topological polar surface area (TPSA) is 49.3 Å². The van der Waals surface area contributed by atoms with E-state index in [4.69, 9.17) is 0 Å². The molecule has 0 aliphatic carbocycles. The fourth-order valence-electron chi connectivity index (χ4n) is 1.86. The van der Waals surface area contributed by atoms with Crippen molar-refractivity contribution in [2.75, 3.05) is 5.32 Å². The number of anilines is 1. The average molecular weight is 267 g/mol. The van der Waals surface area contributed by atoms with Gasteiger partial charge >= 0.3 is 0 Å². The van der Waals surface area contributed by atoms with E-state index in [1.807, 2.05) is 43.3 Å². The minimum atomic E-state index is -0.151. The normalized spacial score (nSPS) is 11.2. The molecule has 0 saturated carbocycles. The zero-order valence-electron chi connectivity index (χ0n) is 11.3. The van der Waals surface area contributed by atoms with Gasteiger partial charge in [-0.15, -0.1) is 0 Å². The molecule has 2 N–H and O–H groups in total. The van der Waals surface area contributed by atoms with Gasteiger partial charge in [-0.05, 0) is 30.7 Å². The van der Waals surface area contributed by atoms with Crippen molar-refractivity contribution in [2.24, 2.45) is 0 Å². The van der Waals surface area contributed by atoms with Crippen LogP contribution in [-0.4, -0.2) is 11.0 Å². The van der Waals surface area contributed by atoms with Crippen LogP contribution in [0.3, 0.4) is 0 Å². The Balaban J connectivity index is 2.20. The summed E-state index contributed by atoms with van der Waals surface area (Å²) in [4.78, 5) is 12.2. The van der Waals surface area contributed by atoms with Crippen molar-refractivity contribution in [3.63, 3.8) is 0 Å². The molecule has 0 aliphatic rings. The molecule has 20 heavy (non-hydrogen) atoms. The lowest BCUT2D eigenvalue weighted by atomic mass is 10.1. The molecule has 0 fully saturated rings. The number of phenols is 1. The maximum atomic E-state index is 12.2. The second-order valence-corrected chi connectivity index (χ2v) is 4.40. The summed E-state index contributed by atoms with van der Waals surface area (Å²) in [6.45, 7) is 1.91. The average Bonchev–Trinajstić information content (AvgIpc) is 2.47. The van der Waals surface area contributed by atoms with Gasteiger partial charge in [0.1, 0.15) is 5.75 Å². The number of phenolic OH excluding ortho intramolecular Hbond substituents is 1. The van der Waals surface area contributed by atoms with Crippen molar-refractivity contribution in [3.05, 3.63) is 65.7 Å². The Hall–Kier alpha value is -2.55. The van der Waals surface area contributed by atoms with Gasteiger partial charge in [0.25, 0.3) is 5.91 Å². The quantitative estimate of drug-likeness (QED) is 0.827. The molecule has 0 atom stereocenters. The molecule has 0 saturated heterocycles. The predicted octanol–water partition coefficient (Wildman–Crippen LogP) is 3.82. The van der Waals surface area contributed by atoms with E-state index in [2.05, 4.69) is 5.32 Å². The summed E-state index contributed by atoms with van der Waals surface area (Å²) in [5, 5.41) is 12.6. The van der Waals surface area contributed by atoms with Crippen LogP contribution in [0.4, 0.5) is 5.69 Å². The van der Waals surface area contributed by atoms with Crippen molar-refractivity contribution in [1.29, 1.82) is 0 Å². The fraction of sp³-hybridized carbons (Fsp3) is 0.118. The summed E-state index contributed by atoms with van der Waals surface area (Å²) in [5.41, 5.74) is 2.03. The van der Waals surface area contributed by atoms with Crippen LogP contribution in [0.15, 0.2) is 60.2 Å². The summed E-state index contributed by atoms with van der Waals surface area (Å²) in [7, 11) is 0. The molecule has 0 spiro atoms. The van der Waals surface area contributed by atoms with Crippen molar-refractivity contribution in [2.45, 2.75) is 13.3 Å². The predicted molar refractivity (Wildman–Crippen MR) is 81.4 cm³/mol. The number of benzene rings is 2. The summed E-state index contributed by atoms with van der Waals surface area (Å²) in [5.74, 6) is 0.0212. The van der Waals surface area contributed by atoms with Crippen LogP contribution in [0.5, 0.6) is 5.75 Å². The molecule has 0 heterocycles. The fourth-order valence-corrected chi connectivity index (χ4v) is 1.86. The molecule has 0 aliphatic heterocycles. The molecule has 0 radical (unpaired) electrons. The molecule has 2 aromatic rings. The van der Waals surface area contributed by atoms with E-state index < -0.39 is 0 Å². The molecule has 102 valence electrons. The monoisotopic (exact) mass is 267 g/mol. The van der Waals surface area contributed by atoms with Gasteiger partial charge in [-0.3, -0.25) is 4.79 Å². The van der Waals surface area contributed by atoms with E-state index in [1.165, 1.54) is 0 Å². The Labute approximate surface area is 118 Å². The molecular weight excluding hydrogens is 250 g/mol. The first-order chi connectivity index (χ1) is 9.70. The molecule has 3 nitrogen and oxygen atoms in total. The molecule has 3 heteroatoms. The number of aromatic hydroxyl groups is 1. The zero-order chi connectivity index (χ0) is 14.4. The van der Waals surface area contributed by atoms with Crippen LogP contribution < -0.4 is 5.32 Å². The van der Waals surface area contributed by atoms with Gasteiger partial charge in [-0.25, -0.2) is 0 Å². The molecular formula is C17H17NO2. The third kappa shape index (κ3) is 3.48. The second kappa shape index (κ2) is 6.57. The number of amides is 1. The zero-order valence-corrected chi connectivity index (χ0v) is 11.3. The van der Waals surface area contributed by atoms with Crippen molar-refractivity contribution >= 4 is 17.7 Å². The van der Waals surface area contributed by atoms with Crippen molar-refractivity contribution in [3.8, 4) is 5.75 Å².